The standard InChI is InChI=1S/C28H21F3N2O4/c1-2-18-8-10-21(11-9-18)36-26-25(34)23-13-12-22(14-24(23)37-27(26)28(29,30)31)35-17-19-15-32-33(16-19)20-6-4-3-5-7-20/h3-16H,2,17H2,1H3. The van der Waals surface area contributed by atoms with Crippen LogP contribution in [0.15, 0.2) is 94.4 Å². The van der Waals surface area contributed by atoms with Gasteiger partial charge in [-0.25, -0.2) is 4.68 Å². The van der Waals surface area contributed by atoms with E-state index in [1.165, 1.54) is 30.3 Å². The molecule has 2 aromatic heterocycles. The molecule has 0 fully saturated rings. The van der Waals surface area contributed by atoms with Crippen molar-refractivity contribution in [2.45, 2.75) is 26.1 Å². The van der Waals surface area contributed by atoms with Crippen molar-refractivity contribution < 1.29 is 27.1 Å². The molecule has 0 aliphatic heterocycles. The third-order valence-electron chi connectivity index (χ3n) is 5.69. The summed E-state index contributed by atoms with van der Waals surface area (Å²) in [5.41, 5.74) is 1.42. The summed E-state index contributed by atoms with van der Waals surface area (Å²) in [4.78, 5) is 13.0. The minimum atomic E-state index is -4.95. The van der Waals surface area contributed by atoms with E-state index in [2.05, 4.69) is 5.10 Å². The van der Waals surface area contributed by atoms with Crippen molar-refractivity contribution in [2.24, 2.45) is 0 Å². The van der Waals surface area contributed by atoms with E-state index < -0.39 is 23.1 Å². The molecule has 0 spiro atoms. The van der Waals surface area contributed by atoms with Gasteiger partial charge in [0.05, 0.1) is 17.3 Å². The van der Waals surface area contributed by atoms with Gasteiger partial charge in [0, 0.05) is 17.8 Å². The third-order valence-corrected chi connectivity index (χ3v) is 5.69. The molecule has 0 radical (unpaired) electrons. The number of benzene rings is 3. The Morgan fingerprint density at radius 1 is 0.946 bits per heavy atom. The molecule has 0 bridgehead atoms. The Hall–Kier alpha value is -4.53. The lowest BCUT2D eigenvalue weighted by molar-refractivity contribution is -0.154. The number of rotatable bonds is 7. The maximum atomic E-state index is 13.8. The van der Waals surface area contributed by atoms with E-state index in [1.54, 1.807) is 29.2 Å². The Morgan fingerprint density at radius 3 is 2.38 bits per heavy atom. The fourth-order valence-electron chi connectivity index (χ4n) is 3.76. The van der Waals surface area contributed by atoms with E-state index in [0.717, 1.165) is 23.2 Å². The van der Waals surface area contributed by atoms with Gasteiger partial charge in [-0.15, -0.1) is 0 Å². The predicted molar refractivity (Wildman–Crippen MR) is 131 cm³/mol. The second-order valence-electron chi connectivity index (χ2n) is 8.26. The Kier molecular flexibility index (Phi) is 6.43. The number of aryl methyl sites for hydroxylation is 1. The van der Waals surface area contributed by atoms with Crippen molar-refractivity contribution in [3.05, 3.63) is 112 Å². The second kappa shape index (κ2) is 9.85. The fraction of sp³-hybridized carbons (Fsp3) is 0.143. The number of alkyl halides is 3. The first-order chi connectivity index (χ1) is 17.8. The van der Waals surface area contributed by atoms with Crippen LogP contribution in [0.2, 0.25) is 0 Å². The van der Waals surface area contributed by atoms with Gasteiger partial charge in [-0.1, -0.05) is 37.3 Å². The first-order valence-corrected chi connectivity index (χ1v) is 11.5. The molecule has 0 saturated heterocycles. The van der Waals surface area contributed by atoms with E-state index in [9.17, 15) is 18.0 Å². The van der Waals surface area contributed by atoms with Crippen LogP contribution in [0.1, 0.15) is 23.8 Å². The molecule has 0 unspecified atom stereocenters. The van der Waals surface area contributed by atoms with Crippen molar-refractivity contribution in [3.63, 3.8) is 0 Å². The fourth-order valence-corrected chi connectivity index (χ4v) is 3.76. The molecule has 0 saturated carbocycles. The molecule has 5 aromatic rings. The molecular formula is C28H21F3N2O4. The maximum absolute atomic E-state index is 13.8. The van der Waals surface area contributed by atoms with Gasteiger partial charge in [0.15, 0.2) is 0 Å². The minimum Gasteiger partial charge on any atom is -0.489 e. The molecule has 0 aliphatic rings. The highest BCUT2D eigenvalue weighted by molar-refractivity contribution is 5.79. The van der Waals surface area contributed by atoms with Gasteiger partial charge in [0.25, 0.3) is 5.76 Å². The van der Waals surface area contributed by atoms with Gasteiger partial charge < -0.3 is 13.9 Å². The summed E-state index contributed by atoms with van der Waals surface area (Å²) in [5.74, 6) is -2.08. The number of para-hydroxylation sites is 1. The Bertz CT molecular complexity index is 1590. The molecule has 37 heavy (non-hydrogen) atoms. The minimum absolute atomic E-state index is 0.0579. The summed E-state index contributed by atoms with van der Waals surface area (Å²) in [5, 5.41) is 4.23. The van der Waals surface area contributed by atoms with Gasteiger partial charge in [-0.2, -0.15) is 18.3 Å². The lowest BCUT2D eigenvalue weighted by Crippen LogP contribution is -2.15. The van der Waals surface area contributed by atoms with Crippen molar-refractivity contribution >= 4 is 11.0 Å². The molecular weight excluding hydrogens is 485 g/mol. The van der Waals surface area contributed by atoms with E-state index in [1.807, 2.05) is 37.3 Å². The first-order valence-electron chi connectivity index (χ1n) is 11.5. The normalized spacial score (nSPS) is 11.6. The van der Waals surface area contributed by atoms with Gasteiger partial charge in [-0.3, -0.25) is 4.79 Å². The lowest BCUT2D eigenvalue weighted by Gasteiger charge is -2.14. The monoisotopic (exact) mass is 506 g/mol. The smallest absolute Gasteiger partial charge is 0.453 e. The Morgan fingerprint density at radius 2 is 1.68 bits per heavy atom. The lowest BCUT2D eigenvalue weighted by atomic mass is 10.1. The van der Waals surface area contributed by atoms with Gasteiger partial charge >= 0.3 is 6.18 Å². The van der Waals surface area contributed by atoms with Crippen LogP contribution in [-0.4, -0.2) is 9.78 Å². The topological polar surface area (TPSA) is 66.5 Å². The van der Waals surface area contributed by atoms with Crippen LogP contribution < -0.4 is 14.9 Å². The number of hydrogen-bond donors (Lipinski definition) is 0. The van der Waals surface area contributed by atoms with Crippen molar-refractivity contribution in [3.8, 4) is 22.9 Å². The summed E-state index contributed by atoms with van der Waals surface area (Å²) in [6, 6.07) is 20.1. The zero-order valence-corrected chi connectivity index (χ0v) is 19.7. The number of fused-ring (bicyclic) bond motifs is 1. The molecule has 188 valence electrons. The highest BCUT2D eigenvalue weighted by atomic mass is 19.4. The van der Waals surface area contributed by atoms with Crippen LogP contribution in [0.5, 0.6) is 17.2 Å². The quantitative estimate of drug-likeness (QED) is 0.239. The Labute approximate surface area is 209 Å². The maximum Gasteiger partial charge on any atom is 0.453 e. The van der Waals surface area contributed by atoms with E-state index in [4.69, 9.17) is 13.9 Å². The van der Waals surface area contributed by atoms with Crippen LogP contribution in [0.4, 0.5) is 13.2 Å². The molecule has 0 aliphatic carbocycles. The summed E-state index contributed by atoms with van der Waals surface area (Å²) in [7, 11) is 0. The first kappa shape index (κ1) is 24.2. The molecule has 3 aromatic carbocycles. The summed E-state index contributed by atoms with van der Waals surface area (Å²) < 4.78 is 59.5. The van der Waals surface area contributed by atoms with Crippen LogP contribution >= 0.6 is 0 Å². The van der Waals surface area contributed by atoms with E-state index in [-0.39, 0.29) is 29.1 Å². The highest BCUT2D eigenvalue weighted by Crippen LogP contribution is 2.38. The number of ether oxygens (including phenoxy) is 2. The molecule has 0 atom stereocenters. The summed E-state index contributed by atoms with van der Waals surface area (Å²) in [6.45, 7) is 2.06. The number of aromatic nitrogens is 2. The predicted octanol–water partition coefficient (Wildman–Crippen LogP) is 6.93. The molecule has 0 amide bonds. The van der Waals surface area contributed by atoms with Crippen molar-refractivity contribution in [1.29, 1.82) is 0 Å². The van der Waals surface area contributed by atoms with Gasteiger partial charge in [0.2, 0.25) is 11.2 Å². The van der Waals surface area contributed by atoms with Crippen molar-refractivity contribution in [1.82, 2.24) is 9.78 Å². The summed E-state index contributed by atoms with van der Waals surface area (Å²) >= 11 is 0. The number of nitrogens with zero attached hydrogens (tertiary/aromatic N) is 2. The van der Waals surface area contributed by atoms with Gasteiger partial charge in [-0.05, 0) is 48.4 Å². The zero-order chi connectivity index (χ0) is 26.0. The number of halogens is 3. The second-order valence-corrected chi connectivity index (χ2v) is 8.26. The highest BCUT2D eigenvalue weighted by Gasteiger charge is 2.40. The van der Waals surface area contributed by atoms with Crippen LogP contribution in [0, 0.1) is 0 Å². The zero-order valence-electron chi connectivity index (χ0n) is 19.7. The van der Waals surface area contributed by atoms with E-state index >= 15 is 0 Å². The molecule has 6 nitrogen and oxygen atoms in total. The van der Waals surface area contributed by atoms with E-state index in [0.29, 0.717) is 0 Å². The Balaban J connectivity index is 1.42. The van der Waals surface area contributed by atoms with Gasteiger partial charge in [0.1, 0.15) is 23.7 Å². The third kappa shape index (κ3) is 5.20. The SMILES string of the molecule is CCc1ccc(Oc2c(C(F)(F)F)oc3cc(OCc4cnn(-c5ccccc5)c4)ccc3c2=O)cc1. The largest absolute Gasteiger partial charge is 0.489 e. The molecule has 5 rings (SSSR count). The molecule has 2 heterocycles. The van der Waals surface area contributed by atoms with Crippen LogP contribution in [-0.2, 0) is 19.2 Å². The van der Waals surface area contributed by atoms with Crippen molar-refractivity contribution in [2.75, 3.05) is 0 Å². The molecule has 9 heteroatoms. The average Bonchev–Trinajstić information content (AvgIpc) is 3.38. The average molecular weight is 506 g/mol. The molecule has 0 N–H and O–H groups in total. The number of hydrogen-bond acceptors (Lipinski definition) is 5. The summed E-state index contributed by atoms with van der Waals surface area (Å²) in [6.07, 6.45) is -0.775. The van der Waals surface area contributed by atoms with Crippen LogP contribution in [0.3, 0.4) is 0 Å². The van der Waals surface area contributed by atoms with Crippen LogP contribution in [0.25, 0.3) is 16.7 Å².